The van der Waals surface area contributed by atoms with E-state index in [9.17, 15) is 14.4 Å². The van der Waals surface area contributed by atoms with Crippen LogP contribution in [0.25, 0.3) is 0 Å². The third-order valence-electron chi connectivity index (χ3n) is 3.06. The number of rotatable bonds is 4. The monoisotopic (exact) mass is 257 g/mol. The minimum absolute atomic E-state index is 0.114. The lowest BCUT2D eigenvalue weighted by atomic mass is 10.0. The molecule has 18 heavy (non-hydrogen) atoms. The van der Waals surface area contributed by atoms with Crippen molar-refractivity contribution in [1.82, 2.24) is 9.80 Å². The van der Waals surface area contributed by atoms with E-state index >= 15 is 0 Å². The summed E-state index contributed by atoms with van der Waals surface area (Å²) in [7, 11) is 1.53. The number of hydrogen-bond donors (Lipinski definition) is 2. The highest BCUT2D eigenvalue weighted by Crippen LogP contribution is 2.18. The summed E-state index contributed by atoms with van der Waals surface area (Å²) in [4.78, 5) is 36.6. The molecule has 1 atom stereocenters. The van der Waals surface area contributed by atoms with Gasteiger partial charge in [0.2, 0.25) is 5.91 Å². The summed E-state index contributed by atoms with van der Waals surface area (Å²) in [5, 5.41) is 8.57. The van der Waals surface area contributed by atoms with Crippen molar-refractivity contribution in [3.8, 4) is 0 Å². The molecule has 1 aliphatic heterocycles. The van der Waals surface area contributed by atoms with Crippen molar-refractivity contribution >= 4 is 17.9 Å². The Morgan fingerprint density at radius 3 is 2.61 bits per heavy atom. The first-order valence-corrected chi connectivity index (χ1v) is 5.96. The van der Waals surface area contributed by atoms with Gasteiger partial charge in [0.05, 0.1) is 6.42 Å². The first kappa shape index (κ1) is 14.3. The molecule has 0 bridgehead atoms. The first-order chi connectivity index (χ1) is 8.43. The summed E-state index contributed by atoms with van der Waals surface area (Å²) in [5.41, 5.74) is 5.27. The molecule has 3 amide bonds. The highest BCUT2D eigenvalue weighted by atomic mass is 16.4. The number of likely N-dealkylation sites (tertiary alicyclic amines) is 1. The van der Waals surface area contributed by atoms with Crippen molar-refractivity contribution in [3.05, 3.63) is 0 Å². The van der Waals surface area contributed by atoms with Crippen LogP contribution < -0.4 is 5.73 Å². The van der Waals surface area contributed by atoms with Crippen molar-refractivity contribution in [3.63, 3.8) is 0 Å². The lowest BCUT2D eigenvalue weighted by molar-refractivity contribution is -0.137. The Balaban J connectivity index is 2.62. The van der Waals surface area contributed by atoms with Gasteiger partial charge in [-0.3, -0.25) is 9.59 Å². The molecule has 1 rings (SSSR count). The standard InChI is InChI=1S/C11H19N3O4/c1-13(7-5-9(15)16)11(18)14-6-3-2-4-8(14)10(12)17/h8H,2-7H2,1H3,(H2,12,17)(H,15,16). The van der Waals surface area contributed by atoms with Crippen molar-refractivity contribution < 1.29 is 19.5 Å². The smallest absolute Gasteiger partial charge is 0.320 e. The number of carbonyl (C=O) groups is 3. The molecule has 1 unspecified atom stereocenters. The molecular weight excluding hydrogens is 238 g/mol. The van der Waals surface area contributed by atoms with Crippen LogP contribution in [0.2, 0.25) is 0 Å². The quantitative estimate of drug-likeness (QED) is 0.731. The number of aliphatic carboxylic acids is 1. The molecule has 1 saturated heterocycles. The number of piperidine rings is 1. The fraction of sp³-hybridized carbons (Fsp3) is 0.727. The second-order valence-corrected chi connectivity index (χ2v) is 4.46. The molecule has 0 aromatic heterocycles. The second kappa shape index (κ2) is 6.23. The minimum atomic E-state index is -0.959. The SMILES string of the molecule is CN(CCC(=O)O)C(=O)N1CCCCC1C(N)=O. The van der Waals surface area contributed by atoms with Gasteiger partial charge >= 0.3 is 12.0 Å². The number of urea groups is 1. The zero-order valence-electron chi connectivity index (χ0n) is 10.5. The minimum Gasteiger partial charge on any atom is -0.481 e. The third kappa shape index (κ3) is 3.61. The van der Waals surface area contributed by atoms with Gasteiger partial charge < -0.3 is 20.6 Å². The number of carbonyl (C=O) groups excluding carboxylic acids is 2. The lowest BCUT2D eigenvalue weighted by Gasteiger charge is -2.36. The Hall–Kier alpha value is -1.79. The van der Waals surface area contributed by atoms with Gasteiger partial charge in [-0.2, -0.15) is 0 Å². The van der Waals surface area contributed by atoms with Crippen LogP contribution in [0.4, 0.5) is 4.79 Å². The number of nitrogens with two attached hydrogens (primary N) is 1. The molecule has 7 nitrogen and oxygen atoms in total. The van der Waals surface area contributed by atoms with Crippen LogP contribution in [0.1, 0.15) is 25.7 Å². The van der Waals surface area contributed by atoms with Gasteiger partial charge in [-0.1, -0.05) is 0 Å². The van der Waals surface area contributed by atoms with Crippen molar-refractivity contribution in [2.75, 3.05) is 20.1 Å². The number of carboxylic acid groups (broad SMARTS) is 1. The maximum Gasteiger partial charge on any atom is 0.320 e. The Labute approximate surface area is 106 Å². The fourth-order valence-electron chi connectivity index (χ4n) is 2.03. The highest BCUT2D eigenvalue weighted by Gasteiger charge is 2.32. The Bertz CT molecular complexity index is 345. The number of primary amides is 1. The lowest BCUT2D eigenvalue weighted by Crippen LogP contribution is -2.54. The molecular formula is C11H19N3O4. The summed E-state index contributed by atoms with van der Waals surface area (Å²) in [5.74, 6) is -1.46. The molecule has 7 heteroatoms. The third-order valence-corrected chi connectivity index (χ3v) is 3.06. The largest absolute Gasteiger partial charge is 0.481 e. The maximum absolute atomic E-state index is 12.1. The number of nitrogens with zero attached hydrogens (tertiary/aromatic N) is 2. The molecule has 0 aromatic rings. The highest BCUT2D eigenvalue weighted by molar-refractivity contribution is 5.86. The average Bonchev–Trinajstić information content (AvgIpc) is 2.34. The summed E-state index contributed by atoms with van der Waals surface area (Å²) in [6.07, 6.45) is 2.17. The fourth-order valence-corrected chi connectivity index (χ4v) is 2.03. The van der Waals surface area contributed by atoms with Crippen LogP contribution in [-0.4, -0.2) is 59.0 Å². The van der Waals surface area contributed by atoms with Crippen molar-refractivity contribution in [2.45, 2.75) is 31.7 Å². The second-order valence-electron chi connectivity index (χ2n) is 4.46. The number of amides is 3. The molecule has 3 N–H and O–H groups in total. The van der Waals surface area contributed by atoms with E-state index in [2.05, 4.69) is 0 Å². The van der Waals surface area contributed by atoms with Gasteiger partial charge in [0.1, 0.15) is 6.04 Å². The molecule has 1 aliphatic rings. The average molecular weight is 257 g/mol. The van der Waals surface area contributed by atoms with Gasteiger partial charge in [-0.15, -0.1) is 0 Å². The Kier molecular flexibility index (Phi) is 4.94. The number of hydrogen-bond acceptors (Lipinski definition) is 3. The van der Waals surface area contributed by atoms with Crippen LogP contribution in [0.3, 0.4) is 0 Å². The first-order valence-electron chi connectivity index (χ1n) is 5.96. The van der Waals surface area contributed by atoms with Crippen molar-refractivity contribution in [2.24, 2.45) is 5.73 Å². The summed E-state index contributed by atoms with van der Waals surface area (Å²) in [6, 6.07) is -0.904. The van der Waals surface area contributed by atoms with E-state index in [0.29, 0.717) is 13.0 Å². The summed E-state index contributed by atoms with van der Waals surface area (Å²) >= 11 is 0. The zero-order valence-corrected chi connectivity index (χ0v) is 10.5. The van der Waals surface area contributed by atoms with Gasteiger partial charge in [0, 0.05) is 20.1 Å². The topological polar surface area (TPSA) is 104 Å². The molecule has 0 aliphatic carbocycles. The zero-order chi connectivity index (χ0) is 13.7. The molecule has 0 aromatic carbocycles. The van der Waals surface area contributed by atoms with E-state index in [1.807, 2.05) is 0 Å². The molecule has 102 valence electrons. The molecule has 1 fully saturated rings. The van der Waals surface area contributed by atoms with Gasteiger partial charge in [-0.05, 0) is 19.3 Å². The van der Waals surface area contributed by atoms with Gasteiger partial charge in [0.15, 0.2) is 0 Å². The Morgan fingerprint density at radius 1 is 1.39 bits per heavy atom. The van der Waals surface area contributed by atoms with Crippen LogP contribution in [0.5, 0.6) is 0 Å². The van der Waals surface area contributed by atoms with E-state index in [4.69, 9.17) is 10.8 Å². The molecule has 0 saturated carbocycles. The van der Waals surface area contributed by atoms with E-state index in [0.717, 1.165) is 12.8 Å². The van der Waals surface area contributed by atoms with Gasteiger partial charge in [-0.25, -0.2) is 4.79 Å². The Morgan fingerprint density at radius 2 is 2.06 bits per heavy atom. The maximum atomic E-state index is 12.1. The van der Waals surface area contributed by atoms with E-state index in [-0.39, 0.29) is 19.0 Å². The van der Waals surface area contributed by atoms with Crippen LogP contribution in [-0.2, 0) is 9.59 Å². The van der Waals surface area contributed by atoms with E-state index in [1.54, 1.807) is 0 Å². The molecule has 1 heterocycles. The number of carboxylic acids is 1. The van der Waals surface area contributed by atoms with E-state index < -0.39 is 17.9 Å². The van der Waals surface area contributed by atoms with Crippen LogP contribution in [0, 0.1) is 0 Å². The van der Waals surface area contributed by atoms with E-state index in [1.165, 1.54) is 16.8 Å². The summed E-state index contributed by atoms with van der Waals surface area (Å²) < 4.78 is 0. The predicted molar refractivity (Wildman–Crippen MR) is 63.8 cm³/mol. The van der Waals surface area contributed by atoms with Crippen LogP contribution in [0.15, 0.2) is 0 Å². The van der Waals surface area contributed by atoms with Crippen molar-refractivity contribution in [1.29, 1.82) is 0 Å². The normalized spacial score (nSPS) is 19.4. The van der Waals surface area contributed by atoms with Crippen LogP contribution >= 0.6 is 0 Å². The molecule has 0 spiro atoms. The molecule has 0 radical (unpaired) electrons. The van der Waals surface area contributed by atoms with Gasteiger partial charge in [0.25, 0.3) is 0 Å². The summed E-state index contributed by atoms with van der Waals surface area (Å²) in [6.45, 7) is 0.611. The predicted octanol–water partition coefficient (Wildman–Crippen LogP) is -0.147.